The van der Waals surface area contributed by atoms with Crippen LogP contribution in [0.1, 0.15) is 87.9 Å². The lowest BCUT2D eigenvalue weighted by molar-refractivity contribution is 0.0244. The summed E-state index contributed by atoms with van der Waals surface area (Å²) in [5.74, 6) is -0.455. The molecular formula is C28H44N4O6. The van der Waals surface area contributed by atoms with Crippen molar-refractivity contribution < 1.29 is 28.7 Å². The average molecular weight is 533 g/mol. The lowest BCUT2D eigenvalue weighted by atomic mass is 10.1. The number of ether oxygens (including phenoxy) is 2. The van der Waals surface area contributed by atoms with Crippen LogP contribution in [0.25, 0.3) is 0 Å². The third-order valence-corrected chi connectivity index (χ3v) is 5.57. The molecular weight excluding hydrogens is 488 g/mol. The summed E-state index contributed by atoms with van der Waals surface area (Å²) in [6.07, 6.45) is 2.03. The van der Waals surface area contributed by atoms with Gasteiger partial charge in [-0.25, -0.2) is 9.59 Å². The molecule has 212 valence electrons. The van der Waals surface area contributed by atoms with Gasteiger partial charge in [-0.3, -0.25) is 14.5 Å². The van der Waals surface area contributed by atoms with Crippen LogP contribution in [0.15, 0.2) is 24.3 Å². The minimum atomic E-state index is -0.592. The van der Waals surface area contributed by atoms with Crippen LogP contribution in [-0.4, -0.2) is 84.3 Å². The molecule has 2 N–H and O–H groups in total. The van der Waals surface area contributed by atoms with Crippen LogP contribution in [-0.2, 0) is 9.47 Å². The van der Waals surface area contributed by atoms with E-state index in [9.17, 15) is 19.2 Å². The first-order valence-corrected chi connectivity index (χ1v) is 13.4. The minimum Gasteiger partial charge on any atom is -0.444 e. The second-order valence-electron chi connectivity index (χ2n) is 11.4. The molecule has 1 aliphatic heterocycles. The first kappa shape index (κ1) is 31.1. The van der Waals surface area contributed by atoms with Gasteiger partial charge in [0.2, 0.25) is 0 Å². The van der Waals surface area contributed by atoms with Gasteiger partial charge in [-0.05, 0) is 92.4 Å². The number of carbonyl (C=O) groups is 4. The first-order valence-electron chi connectivity index (χ1n) is 13.4. The van der Waals surface area contributed by atoms with Crippen molar-refractivity contribution in [1.29, 1.82) is 0 Å². The third-order valence-electron chi connectivity index (χ3n) is 5.57. The van der Waals surface area contributed by atoms with E-state index in [1.165, 1.54) is 4.90 Å². The van der Waals surface area contributed by atoms with Gasteiger partial charge in [-0.1, -0.05) is 12.1 Å². The lowest BCUT2D eigenvalue weighted by Gasteiger charge is -2.27. The molecule has 0 unspecified atom stereocenters. The Balaban J connectivity index is 1.66. The summed E-state index contributed by atoms with van der Waals surface area (Å²) >= 11 is 0. The zero-order chi connectivity index (χ0) is 28.3. The maximum Gasteiger partial charge on any atom is 0.410 e. The van der Waals surface area contributed by atoms with Crippen molar-refractivity contribution in [3.63, 3.8) is 0 Å². The van der Waals surface area contributed by atoms with Crippen LogP contribution in [0.2, 0.25) is 0 Å². The van der Waals surface area contributed by atoms with Crippen molar-refractivity contribution in [2.45, 2.75) is 78.4 Å². The molecule has 1 heterocycles. The Bertz CT molecular complexity index is 932. The van der Waals surface area contributed by atoms with E-state index < -0.39 is 17.3 Å². The highest BCUT2D eigenvalue weighted by atomic mass is 16.6. The molecule has 0 saturated heterocycles. The molecule has 1 aromatic rings. The van der Waals surface area contributed by atoms with E-state index in [4.69, 9.17) is 9.47 Å². The molecule has 0 spiro atoms. The van der Waals surface area contributed by atoms with Gasteiger partial charge in [0.15, 0.2) is 0 Å². The first-order chi connectivity index (χ1) is 17.8. The van der Waals surface area contributed by atoms with Crippen LogP contribution in [0.3, 0.4) is 0 Å². The number of rotatable bonds is 13. The van der Waals surface area contributed by atoms with Crippen LogP contribution < -0.4 is 10.6 Å². The predicted molar refractivity (Wildman–Crippen MR) is 145 cm³/mol. The number of amides is 4. The number of hydrogen-bond donors (Lipinski definition) is 2. The predicted octanol–water partition coefficient (Wildman–Crippen LogP) is 4.19. The number of imide groups is 1. The van der Waals surface area contributed by atoms with Crippen molar-refractivity contribution in [2.24, 2.45) is 0 Å². The molecule has 0 atom stereocenters. The summed E-state index contributed by atoms with van der Waals surface area (Å²) in [6, 6.07) is 6.90. The second-order valence-corrected chi connectivity index (χ2v) is 11.4. The Morgan fingerprint density at radius 2 is 1.34 bits per heavy atom. The van der Waals surface area contributed by atoms with E-state index in [2.05, 4.69) is 10.6 Å². The number of carbonyl (C=O) groups excluding carboxylic acids is 4. The molecule has 1 aromatic carbocycles. The summed E-state index contributed by atoms with van der Waals surface area (Å²) in [4.78, 5) is 52.3. The molecule has 2 rings (SSSR count). The van der Waals surface area contributed by atoms with Gasteiger partial charge in [0.25, 0.3) is 11.8 Å². The zero-order valence-electron chi connectivity index (χ0n) is 23.7. The summed E-state index contributed by atoms with van der Waals surface area (Å²) < 4.78 is 10.8. The Morgan fingerprint density at radius 1 is 0.789 bits per heavy atom. The Kier molecular flexibility index (Phi) is 11.6. The number of unbranched alkanes of at least 4 members (excludes halogenated alkanes) is 1. The highest BCUT2D eigenvalue weighted by molar-refractivity contribution is 6.21. The molecule has 0 aromatic heterocycles. The highest BCUT2D eigenvalue weighted by Crippen LogP contribution is 2.22. The van der Waals surface area contributed by atoms with E-state index in [1.807, 2.05) is 20.8 Å². The number of alkyl carbamates (subject to hydrolysis) is 1. The van der Waals surface area contributed by atoms with Crippen molar-refractivity contribution >= 4 is 24.0 Å². The average Bonchev–Trinajstić information content (AvgIpc) is 3.04. The lowest BCUT2D eigenvalue weighted by Crippen LogP contribution is -2.39. The molecule has 10 heteroatoms. The van der Waals surface area contributed by atoms with Crippen molar-refractivity contribution in [3.8, 4) is 0 Å². The van der Waals surface area contributed by atoms with Crippen LogP contribution >= 0.6 is 0 Å². The van der Waals surface area contributed by atoms with Gasteiger partial charge >= 0.3 is 12.2 Å². The summed E-state index contributed by atoms with van der Waals surface area (Å²) in [5, 5.41) is 6.05. The number of benzene rings is 1. The molecule has 10 nitrogen and oxygen atoms in total. The van der Waals surface area contributed by atoms with Crippen LogP contribution in [0.4, 0.5) is 9.59 Å². The SMILES string of the molecule is CC(C)(C)OC(=O)NCCCN(CCCCNCCCN1C(=O)c2ccccc2C1=O)C(=O)OC(C)(C)C. The van der Waals surface area contributed by atoms with Crippen LogP contribution in [0.5, 0.6) is 0 Å². The van der Waals surface area contributed by atoms with Gasteiger partial charge in [0, 0.05) is 26.2 Å². The normalized spacial score (nSPS) is 13.4. The van der Waals surface area contributed by atoms with Crippen molar-refractivity contribution in [3.05, 3.63) is 35.4 Å². The Labute approximate surface area is 226 Å². The van der Waals surface area contributed by atoms with E-state index in [-0.39, 0.29) is 17.9 Å². The molecule has 0 bridgehead atoms. The molecule has 0 radical (unpaired) electrons. The number of fused-ring (bicyclic) bond motifs is 1. The summed E-state index contributed by atoms with van der Waals surface area (Å²) in [5.41, 5.74) is -0.206. The summed E-state index contributed by atoms with van der Waals surface area (Å²) in [6.45, 7) is 14.1. The van der Waals surface area contributed by atoms with E-state index >= 15 is 0 Å². The topological polar surface area (TPSA) is 117 Å². The molecule has 1 aliphatic rings. The van der Waals surface area contributed by atoms with E-state index in [0.717, 1.165) is 19.4 Å². The highest BCUT2D eigenvalue weighted by Gasteiger charge is 2.34. The van der Waals surface area contributed by atoms with Gasteiger partial charge in [0.05, 0.1) is 11.1 Å². The monoisotopic (exact) mass is 532 g/mol. The quantitative estimate of drug-likeness (QED) is 0.289. The molecule has 38 heavy (non-hydrogen) atoms. The number of nitrogens with zero attached hydrogens (tertiary/aromatic N) is 2. The third kappa shape index (κ3) is 10.7. The summed E-state index contributed by atoms with van der Waals surface area (Å²) in [7, 11) is 0. The number of nitrogens with one attached hydrogen (secondary N) is 2. The smallest absolute Gasteiger partial charge is 0.410 e. The van der Waals surface area contributed by atoms with Gasteiger partial charge in [-0.2, -0.15) is 0 Å². The Hall–Kier alpha value is -3.14. The maximum atomic E-state index is 12.7. The fraction of sp³-hybridized carbons (Fsp3) is 0.643. The minimum absolute atomic E-state index is 0.228. The van der Waals surface area contributed by atoms with E-state index in [0.29, 0.717) is 56.7 Å². The molecule has 0 saturated carbocycles. The molecule has 4 amide bonds. The number of hydrogen-bond acceptors (Lipinski definition) is 7. The molecule has 0 aliphatic carbocycles. The maximum absolute atomic E-state index is 12.7. The van der Waals surface area contributed by atoms with Gasteiger partial charge < -0.3 is 25.0 Å². The second kappa shape index (κ2) is 14.1. The fourth-order valence-corrected chi connectivity index (χ4v) is 3.88. The fourth-order valence-electron chi connectivity index (χ4n) is 3.88. The van der Waals surface area contributed by atoms with Crippen molar-refractivity contribution in [2.75, 3.05) is 39.3 Å². The van der Waals surface area contributed by atoms with Crippen LogP contribution in [0, 0.1) is 0 Å². The van der Waals surface area contributed by atoms with E-state index in [1.54, 1.807) is 49.9 Å². The van der Waals surface area contributed by atoms with Crippen molar-refractivity contribution in [1.82, 2.24) is 20.4 Å². The molecule has 0 fully saturated rings. The largest absolute Gasteiger partial charge is 0.444 e. The zero-order valence-corrected chi connectivity index (χ0v) is 23.7. The van der Waals surface area contributed by atoms with Gasteiger partial charge in [-0.15, -0.1) is 0 Å². The van der Waals surface area contributed by atoms with Gasteiger partial charge in [0.1, 0.15) is 11.2 Å². The standard InChI is InChI=1S/C28H44N4O6/c1-27(2,3)37-25(35)30-17-12-19-31(26(36)38-28(4,5)6)18-10-9-15-29-16-11-20-32-23(33)21-13-7-8-14-22(21)24(32)34/h7-8,13-14,29H,9-12,15-20H2,1-6H3,(H,30,35). The Morgan fingerprint density at radius 3 is 1.92 bits per heavy atom.